The molecule has 2 heterocycles. The number of hydrogen-bond acceptors (Lipinski definition) is 3. The van der Waals surface area contributed by atoms with Crippen LogP contribution in [0.25, 0.3) is 0 Å². The molecule has 6 nitrogen and oxygen atoms in total. The molecule has 2 atom stereocenters. The van der Waals surface area contributed by atoms with Gasteiger partial charge in [0.2, 0.25) is 5.91 Å². The van der Waals surface area contributed by atoms with E-state index in [-0.39, 0.29) is 19.0 Å². The van der Waals surface area contributed by atoms with Crippen molar-refractivity contribution in [2.24, 2.45) is 18.7 Å². The summed E-state index contributed by atoms with van der Waals surface area (Å²) < 4.78 is 29.5. The van der Waals surface area contributed by atoms with Crippen molar-refractivity contribution in [2.75, 3.05) is 13.1 Å². The van der Waals surface area contributed by atoms with E-state index in [1.807, 2.05) is 6.92 Å². The van der Waals surface area contributed by atoms with Gasteiger partial charge in [-0.1, -0.05) is 6.07 Å². The van der Waals surface area contributed by atoms with Gasteiger partial charge in [-0.15, -0.1) is 0 Å². The predicted octanol–water partition coefficient (Wildman–Crippen LogP) is 1.35. The van der Waals surface area contributed by atoms with Crippen LogP contribution in [0, 0.1) is 24.5 Å². The van der Waals surface area contributed by atoms with E-state index in [2.05, 4.69) is 5.10 Å². The van der Waals surface area contributed by atoms with Crippen LogP contribution in [0.3, 0.4) is 0 Å². The van der Waals surface area contributed by atoms with Gasteiger partial charge in [-0.2, -0.15) is 5.10 Å². The number of nitrogens with two attached hydrogens (primary N) is 1. The number of rotatable bonds is 3. The van der Waals surface area contributed by atoms with E-state index in [1.165, 1.54) is 11.0 Å². The molecule has 25 heavy (non-hydrogen) atoms. The third-order valence-electron chi connectivity index (χ3n) is 4.82. The molecule has 0 bridgehead atoms. The first-order valence-corrected chi connectivity index (χ1v) is 7.82. The molecule has 0 spiro atoms. The fraction of sp³-hybridized carbons (Fsp3) is 0.353. The van der Waals surface area contributed by atoms with Gasteiger partial charge in [-0.05, 0) is 24.6 Å². The van der Waals surface area contributed by atoms with Gasteiger partial charge in [-0.3, -0.25) is 14.3 Å². The highest BCUT2D eigenvalue weighted by molar-refractivity contribution is 5.95. The molecule has 1 aromatic carbocycles. The second kappa shape index (κ2) is 6.27. The summed E-state index contributed by atoms with van der Waals surface area (Å²) in [7, 11) is 1.77. The third-order valence-corrected chi connectivity index (χ3v) is 4.82. The van der Waals surface area contributed by atoms with Crippen molar-refractivity contribution in [1.82, 2.24) is 14.7 Å². The highest BCUT2D eigenvalue weighted by Gasteiger charge is 2.41. The van der Waals surface area contributed by atoms with Crippen LogP contribution in [0.4, 0.5) is 8.78 Å². The zero-order chi connectivity index (χ0) is 18.3. The summed E-state index contributed by atoms with van der Waals surface area (Å²) in [5.74, 6) is -4.20. The second-order valence-electron chi connectivity index (χ2n) is 6.23. The van der Waals surface area contributed by atoms with Crippen LogP contribution in [0.2, 0.25) is 0 Å². The van der Waals surface area contributed by atoms with Crippen molar-refractivity contribution < 1.29 is 18.4 Å². The number of primary amides is 1. The fourth-order valence-electron chi connectivity index (χ4n) is 3.31. The van der Waals surface area contributed by atoms with Gasteiger partial charge in [-0.25, -0.2) is 8.78 Å². The lowest BCUT2D eigenvalue weighted by atomic mass is 9.89. The van der Waals surface area contributed by atoms with E-state index in [0.717, 1.165) is 23.4 Å². The molecule has 1 aromatic heterocycles. The topological polar surface area (TPSA) is 81.2 Å². The van der Waals surface area contributed by atoms with Crippen LogP contribution in [0.15, 0.2) is 24.4 Å². The Kier molecular flexibility index (Phi) is 4.28. The number of carbonyl (C=O) groups is 2. The minimum atomic E-state index is -0.929. The Bertz CT molecular complexity index is 829. The Morgan fingerprint density at radius 2 is 1.88 bits per heavy atom. The molecule has 1 fully saturated rings. The number of benzene rings is 1. The van der Waals surface area contributed by atoms with Crippen molar-refractivity contribution in [1.29, 1.82) is 0 Å². The molecule has 0 aliphatic carbocycles. The smallest absolute Gasteiger partial charge is 0.259 e. The standard InChI is InChI=1S/C17H18F2N4O2/c1-9-10(6-21-22(9)2)11-7-23(8-12(11)16(20)24)17(25)15-13(18)4-3-5-14(15)19/h3-6,11-12H,7-8H2,1-2H3,(H2,20,24)/t11-,12+/m1/s1. The molecule has 132 valence electrons. The van der Waals surface area contributed by atoms with Crippen LogP contribution < -0.4 is 5.73 Å². The maximum Gasteiger partial charge on any atom is 0.259 e. The maximum atomic E-state index is 13.9. The molecule has 2 N–H and O–H groups in total. The lowest BCUT2D eigenvalue weighted by Crippen LogP contribution is -2.32. The Labute approximate surface area is 143 Å². The molecular formula is C17H18F2N4O2. The fourth-order valence-corrected chi connectivity index (χ4v) is 3.31. The summed E-state index contributed by atoms with van der Waals surface area (Å²) in [6, 6.07) is 3.25. The number of likely N-dealkylation sites (tertiary alicyclic amines) is 1. The van der Waals surface area contributed by atoms with Crippen molar-refractivity contribution in [3.05, 3.63) is 52.9 Å². The average Bonchev–Trinajstić information content (AvgIpc) is 3.12. The molecule has 0 radical (unpaired) electrons. The van der Waals surface area contributed by atoms with E-state index in [4.69, 9.17) is 5.73 Å². The molecule has 2 aromatic rings. The molecule has 1 aliphatic rings. The van der Waals surface area contributed by atoms with Gasteiger partial charge in [0.15, 0.2) is 0 Å². The quantitative estimate of drug-likeness (QED) is 0.909. The Morgan fingerprint density at radius 3 is 2.40 bits per heavy atom. The number of carbonyl (C=O) groups excluding carboxylic acids is 2. The lowest BCUT2D eigenvalue weighted by Gasteiger charge is -2.17. The molecule has 0 unspecified atom stereocenters. The van der Waals surface area contributed by atoms with Crippen LogP contribution in [0.5, 0.6) is 0 Å². The summed E-state index contributed by atoms with van der Waals surface area (Å²) in [5, 5.41) is 4.15. The van der Waals surface area contributed by atoms with Gasteiger partial charge >= 0.3 is 0 Å². The minimum absolute atomic E-state index is 0.0148. The Morgan fingerprint density at radius 1 is 1.24 bits per heavy atom. The number of aromatic nitrogens is 2. The first kappa shape index (κ1) is 17.1. The summed E-state index contributed by atoms with van der Waals surface area (Å²) in [4.78, 5) is 25.7. The summed E-state index contributed by atoms with van der Waals surface area (Å²) in [6.07, 6.45) is 1.63. The molecule has 0 saturated carbocycles. The average molecular weight is 348 g/mol. The lowest BCUT2D eigenvalue weighted by molar-refractivity contribution is -0.121. The van der Waals surface area contributed by atoms with Crippen molar-refractivity contribution in [3.8, 4) is 0 Å². The Hall–Kier alpha value is -2.77. The SMILES string of the molecule is Cc1c([C@H]2CN(C(=O)c3c(F)cccc3F)C[C@@H]2C(N)=O)cnn1C. The van der Waals surface area contributed by atoms with Crippen LogP contribution >= 0.6 is 0 Å². The van der Waals surface area contributed by atoms with Crippen molar-refractivity contribution in [3.63, 3.8) is 0 Å². The number of nitrogens with zero attached hydrogens (tertiary/aromatic N) is 3. The molecule has 3 rings (SSSR count). The van der Waals surface area contributed by atoms with Crippen LogP contribution in [0.1, 0.15) is 27.5 Å². The number of aryl methyl sites for hydroxylation is 1. The van der Waals surface area contributed by atoms with E-state index < -0.39 is 34.9 Å². The van der Waals surface area contributed by atoms with E-state index in [0.29, 0.717) is 0 Å². The highest BCUT2D eigenvalue weighted by atomic mass is 19.1. The summed E-state index contributed by atoms with van der Waals surface area (Å²) >= 11 is 0. The zero-order valence-corrected chi connectivity index (χ0v) is 13.9. The largest absolute Gasteiger partial charge is 0.369 e. The van der Waals surface area contributed by atoms with E-state index in [1.54, 1.807) is 17.9 Å². The van der Waals surface area contributed by atoms with Gasteiger partial charge < -0.3 is 10.6 Å². The number of halogens is 2. The first-order valence-electron chi connectivity index (χ1n) is 7.82. The third kappa shape index (κ3) is 2.88. The van der Waals surface area contributed by atoms with Gasteiger partial charge in [0.25, 0.3) is 5.91 Å². The number of hydrogen-bond donors (Lipinski definition) is 1. The highest BCUT2D eigenvalue weighted by Crippen LogP contribution is 2.35. The predicted molar refractivity (Wildman–Crippen MR) is 85.6 cm³/mol. The van der Waals surface area contributed by atoms with Gasteiger partial charge in [0, 0.05) is 31.7 Å². The maximum absolute atomic E-state index is 13.9. The molecule has 1 saturated heterocycles. The normalized spacial score (nSPS) is 20.1. The minimum Gasteiger partial charge on any atom is -0.369 e. The van der Waals surface area contributed by atoms with Gasteiger partial charge in [0.1, 0.15) is 17.2 Å². The van der Waals surface area contributed by atoms with Crippen LogP contribution in [-0.4, -0.2) is 39.6 Å². The Balaban J connectivity index is 1.94. The first-order chi connectivity index (χ1) is 11.8. The second-order valence-corrected chi connectivity index (χ2v) is 6.23. The van der Waals surface area contributed by atoms with Gasteiger partial charge in [0.05, 0.1) is 12.1 Å². The van der Waals surface area contributed by atoms with Crippen molar-refractivity contribution in [2.45, 2.75) is 12.8 Å². The zero-order valence-electron chi connectivity index (χ0n) is 13.9. The van der Waals surface area contributed by atoms with Crippen LogP contribution in [-0.2, 0) is 11.8 Å². The molecule has 1 aliphatic heterocycles. The van der Waals surface area contributed by atoms with E-state index >= 15 is 0 Å². The summed E-state index contributed by atoms with van der Waals surface area (Å²) in [5.41, 5.74) is 6.53. The number of amides is 2. The molecular weight excluding hydrogens is 330 g/mol. The van der Waals surface area contributed by atoms with E-state index in [9.17, 15) is 18.4 Å². The van der Waals surface area contributed by atoms with Crippen molar-refractivity contribution >= 4 is 11.8 Å². The monoisotopic (exact) mass is 348 g/mol. The summed E-state index contributed by atoms with van der Waals surface area (Å²) in [6.45, 7) is 2.01. The molecule has 2 amide bonds. The molecule has 8 heteroatoms.